The molecule has 2 amide bonds. The summed E-state index contributed by atoms with van der Waals surface area (Å²) in [6.07, 6.45) is 2.61. The third-order valence-electron chi connectivity index (χ3n) is 7.09. The van der Waals surface area contributed by atoms with Crippen LogP contribution in [0.25, 0.3) is 10.9 Å². The number of para-hydroxylation sites is 1. The summed E-state index contributed by atoms with van der Waals surface area (Å²) in [4.78, 5) is 44.3. The largest absolute Gasteiger partial charge is 0.376 e. The number of nitrogens with one attached hydrogen (secondary N) is 2. The Morgan fingerprint density at radius 1 is 1.10 bits per heavy atom. The number of carbonyl (C=O) groups is 2. The van der Waals surface area contributed by atoms with Crippen LogP contribution in [0.3, 0.4) is 0 Å². The molecule has 41 heavy (non-hydrogen) atoms. The van der Waals surface area contributed by atoms with Gasteiger partial charge in [-0.15, -0.1) is 0 Å². The second kappa shape index (κ2) is 13.1. The molecule has 0 unspecified atom stereocenters. The van der Waals surface area contributed by atoms with E-state index in [1.54, 1.807) is 22.8 Å². The summed E-state index contributed by atoms with van der Waals surface area (Å²) in [5.74, 6) is -0.298. The number of hydrogen-bond acceptors (Lipinski definition) is 6. The van der Waals surface area contributed by atoms with Crippen molar-refractivity contribution in [3.63, 3.8) is 0 Å². The van der Waals surface area contributed by atoms with E-state index >= 15 is 0 Å². The van der Waals surface area contributed by atoms with Crippen LogP contribution in [-0.2, 0) is 16.1 Å². The number of aromatic nitrogens is 2. The van der Waals surface area contributed by atoms with E-state index in [0.717, 1.165) is 36.3 Å². The first-order valence-electron chi connectivity index (χ1n) is 13.9. The Bertz CT molecular complexity index is 1600. The van der Waals surface area contributed by atoms with Crippen molar-refractivity contribution in [3.8, 4) is 0 Å². The van der Waals surface area contributed by atoms with Crippen molar-refractivity contribution >= 4 is 40.2 Å². The van der Waals surface area contributed by atoms with Gasteiger partial charge in [0, 0.05) is 24.4 Å². The molecule has 0 radical (unpaired) electrons. The standard InChI is InChI=1S/C32H34N4O4S/c1-3-28(30(38)34-24-9-6-8-21(2)18-24)41-32-35-27-12-5-4-11-26(27)31(39)36(32)20-22-13-15-23(16-14-22)29(37)33-19-25-10-7-17-40-25/h4-6,8-9,11-16,18,25,28H,3,7,10,17,19-20H2,1-2H3,(H,33,37)(H,34,38)/t25-,28+/m0/s1. The predicted molar refractivity (Wildman–Crippen MR) is 163 cm³/mol. The van der Waals surface area contributed by atoms with E-state index in [0.29, 0.717) is 34.6 Å². The number of anilines is 1. The number of benzene rings is 3. The molecule has 0 spiro atoms. The Morgan fingerprint density at radius 3 is 2.63 bits per heavy atom. The lowest BCUT2D eigenvalue weighted by atomic mass is 10.1. The number of carbonyl (C=O) groups excluding carboxylic acids is 2. The summed E-state index contributed by atoms with van der Waals surface area (Å²) in [6.45, 7) is 5.42. The van der Waals surface area contributed by atoms with E-state index in [1.165, 1.54) is 11.8 Å². The summed E-state index contributed by atoms with van der Waals surface area (Å²) < 4.78 is 7.20. The first-order valence-corrected chi connectivity index (χ1v) is 14.8. The molecular weight excluding hydrogens is 536 g/mol. The van der Waals surface area contributed by atoms with Crippen LogP contribution in [0.15, 0.2) is 82.7 Å². The third-order valence-corrected chi connectivity index (χ3v) is 8.45. The molecule has 1 saturated heterocycles. The quantitative estimate of drug-likeness (QED) is 0.201. The smallest absolute Gasteiger partial charge is 0.262 e. The number of fused-ring (bicyclic) bond motifs is 1. The van der Waals surface area contributed by atoms with Gasteiger partial charge in [0.25, 0.3) is 11.5 Å². The van der Waals surface area contributed by atoms with Crippen molar-refractivity contribution in [1.82, 2.24) is 14.9 Å². The average molecular weight is 571 g/mol. The predicted octanol–water partition coefficient (Wildman–Crippen LogP) is 5.17. The third kappa shape index (κ3) is 7.04. The van der Waals surface area contributed by atoms with Crippen LogP contribution >= 0.6 is 11.8 Å². The highest BCUT2D eigenvalue weighted by atomic mass is 32.2. The van der Waals surface area contributed by atoms with Crippen molar-refractivity contribution < 1.29 is 14.3 Å². The van der Waals surface area contributed by atoms with Gasteiger partial charge in [0.1, 0.15) is 0 Å². The zero-order valence-corrected chi connectivity index (χ0v) is 24.1. The van der Waals surface area contributed by atoms with Crippen LogP contribution in [0.4, 0.5) is 5.69 Å². The van der Waals surface area contributed by atoms with Crippen molar-refractivity contribution in [2.45, 2.75) is 56.2 Å². The zero-order valence-electron chi connectivity index (χ0n) is 23.3. The average Bonchev–Trinajstić information content (AvgIpc) is 3.50. The van der Waals surface area contributed by atoms with Crippen molar-refractivity contribution in [3.05, 3.63) is 99.8 Å². The van der Waals surface area contributed by atoms with Crippen molar-refractivity contribution in [2.24, 2.45) is 0 Å². The van der Waals surface area contributed by atoms with Gasteiger partial charge in [0.2, 0.25) is 5.91 Å². The summed E-state index contributed by atoms with van der Waals surface area (Å²) >= 11 is 1.29. The number of aryl methyl sites for hydroxylation is 1. The molecule has 1 aliphatic rings. The first kappa shape index (κ1) is 28.6. The molecule has 3 aromatic carbocycles. The van der Waals surface area contributed by atoms with Crippen LogP contribution in [-0.4, -0.2) is 45.9 Å². The molecule has 4 aromatic rings. The second-order valence-electron chi connectivity index (χ2n) is 10.2. The van der Waals surface area contributed by atoms with Crippen LogP contribution in [0.2, 0.25) is 0 Å². The van der Waals surface area contributed by atoms with Gasteiger partial charge in [0.05, 0.1) is 28.8 Å². The van der Waals surface area contributed by atoms with E-state index in [1.807, 2.05) is 68.4 Å². The van der Waals surface area contributed by atoms with Gasteiger partial charge < -0.3 is 15.4 Å². The Kier molecular flexibility index (Phi) is 9.16. The highest BCUT2D eigenvalue weighted by Gasteiger charge is 2.23. The molecule has 0 aliphatic carbocycles. The molecule has 2 atom stereocenters. The highest BCUT2D eigenvalue weighted by Crippen LogP contribution is 2.27. The van der Waals surface area contributed by atoms with E-state index in [-0.39, 0.29) is 30.0 Å². The molecule has 0 bridgehead atoms. The maximum Gasteiger partial charge on any atom is 0.262 e. The van der Waals surface area contributed by atoms with Gasteiger partial charge in [0.15, 0.2) is 5.16 Å². The zero-order chi connectivity index (χ0) is 28.8. The Hall–Kier alpha value is -3.95. The number of hydrogen-bond donors (Lipinski definition) is 2. The first-order chi connectivity index (χ1) is 19.9. The molecule has 1 fully saturated rings. The van der Waals surface area contributed by atoms with Crippen molar-refractivity contribution in [2.75, 3.05) is 18.5 Å². The summed E-state index contributed by atoms with van der Waals surface area (Å²) in [6, 6.07) is 22.1. The fourth-order valence-corrected chi connectivity index (χ4v) is 5.84. The summed E-state index contributed by atoms with van der Waals surface area (Å²) in [7, 11) is 0. The normalized spacial score (nSPS) is 15.5. The van der Waals surface area contributed by atoms with Gasteiger partial charge in [-0.25, -0.2) is 4.98 Å². The molecule has 5 rings (SSSR count). The number of amides is 2. The van der Waals surface area contributed by atoms with E-state index in [2.05, 4.69) is 10.6 Å². The molecule has 9 heteroatoms. The molecule has 212 valence electrons. The molecule has 1 aliphatic heterocycles. The summed E-state index contributed by atoms with van der Waals surface area (Å²) in [5, 5.41) is 6.47. The highest BCUT2D eigenvalue weighted by molar-refractivity contribution is 8.00. The molecule has 0 saturated carbocycles. The SMILES string of the molecule is CC[C@@H](Sc1nc2ccccc2c(=O)n1Cc1ccc(C(=O)NC[C@@H]2CCCO2)cc1)C(=O)Nc1cccc(C)c1. The lowest BCUT2D eigenvalue weighted by molar-refractivity contribution is -0.115. The van der Waals surface area contributed by atoms with Crippen LogP contribution < -0.4 is 16.2 Å². The molecule has 2 N–H and O–H groups in total. The number of rotatable bonds is 10. The monoisotopic (exact) mass is 570 g/mol. The summed E-state index contributed by atoms with van der Waals surface area (Å²) in [5.41, 5.74) is 3.59. The minimum absolute atomic E-state index is 0.0762. The van der Waals surface area contributed by atoms with Crippen molar-refractivity contribution in [1.29, 1.82) is 0 Å². The van der Waals surface area contributed by atoms with Gasteiger partial charge in [-0.3, -0.25) is 19.0 Å². The Balaban J connectivity index is 1.37. The fraction of sp³-hybridized carbons (Fsp3) is 0.312. The molecule has 1 aromatic heterocycles. The van der Waals surface area contributed by atoms with Gasteiger partial charge in [-0.05, 0) is 73.7 Å². The number of nitrogens with zero attached hydrogens (tertiary/aromatic N) is 2. The molecule has 2 heterocycles. The molecular formula is C32H34N4O4S. The minimum Gasteiger partial charge on any atom is -0.376 e. The second-order valence-corrected chi connectivity index (χ2v) is 11.4. The van der Waals surface area contributed by atoms with Gasteiger partial charge in [-0.1, -0.05) is 55.1 Å². The van der Waals surface area contributed by atoms with E-state index < -0.39 is 5.25 Å². The number of thioether (sulfide) groups is 1. The maximum atomic E-state index is 13.6. The lowest BCUT2D eigenvalue weighted by Gasteiger charge is -2.18. The van der Waals surface area contributed by atoms with Crippen LogP contribution in [0.1, 0.15) is 47.7 Å². The van der Waals surface area contributed by atoms with E-state index in [4.69, 9.17) is 9.72 Å². The van der Waals surface area contributed by atoms with Crippen LogP contribution in [0, 0.1) is 6.92 Å². The molecule has 8 nitrogen and oxygen atoms in total. The van der Waals surface area contributed by atoms with Gasteiger partial charge in [-0.2, -0.15) is 0 Å². The maximum absolute atomic E-state index is 13.6. The lowest BCUT2D eigenvalue weighted by Crippen LogP contribution is -2.31. The topological polar surface area (TPSA) is 102 Å². The van der Waals surface area contributed by atoms with Gasteiger partial charge >= 0.3 is 0 Å². The fourth-order valence-electron chi connectivity index (χ4n) is 4.83. The Labute approximate surface area is 243 Å². The van der Waals surface area contributed by atoms with E-state index in [9.17, 15) is 14.4 Å². The number of ether oxygens (including phenoxy) is 1. The minimum atomic E-state index is -0.454. The Morgan fingerprint density at radius 2 is 1.90 bits per heavy atom. The van der Waals surface area contributed by atoms with Crippen LogP contribution in [0.5, 0.6) is 0 Å².